The van der Waals surface area contributed by atoms with Crippen LogP contribution in [-0.2, 0) is 4.79 Å². The zero-order valence-corrected chi connectivity index (χ0v) is 15.8. The fraction of sp³-hybridized carbons (Fsp3) is 0.211. The highest BCUT2D eigenvalue weighted by Crippen LogP contribution is 2.36. The lowest BCUT2D eigenvalue weighted by molar-refractivity contribution is -0.116. The summed E-state index contributed by atoms with van der Waals surface area (Å²) in [4.78, 5) is 28.3. The fourth-order valence-corrected chi connectivity index (χ4v) is 3.37. The van der Waals surface area contributed by atoms with E-state index in [0.717, 1.165) is 5.69 Å². The Labute approximate surface area is 170 Å². The molecule has 30 heavy (non-hydrogen) atoms. The summed E-state index contributed by atoms with van der Waals surface area (Å²) in [5, 5.41) is 13.8. The van der Waals surface area contributed by atoms with Crippen molar-refractivity contribution < 1.29 is 19.1 Å². The Morgan fingerprint density at radius 2 is 1.83 bits per heavy atom. The molecule has 1 fully saturated rings. The van der Waals surface area contributed by atoms with E-state index in [9.17, 15) is 9.59 Å². The van der Waals surface area contributed by atoms with Gasteiger partial charge in [-0.05, 0) is 46.8 Å². The van der Waals surface area contributed by atoms with Crippen molar-refractivity contribution in [3.63, 3.8) is 0 Å². The maximum Gasteiger partial charge on any atom is 0.325 e. The number of urea groups is 1. The molecular weight excluding hydrogens is 390 g/mol. The van der Waals surface area contributed by atoms with Crippen LogP contribution in [-0.4, -0.2) is 63.5 Å². The van der Waals surface area contributed by atoms with Crippen LogP contribution < -0.4 is 19.7 Å². The SMILES string of the molecule is O=C(CN1CCN(c2ccc3c(c2)OCO3)C1=O)Nc1ccc(-n2cnnn2)cc1. The van der Waals surface area contributed by atoms with Crippen molar-refractivity contribution in [2.24, 2.45) is 0 Å². The first-order valence-electron chi connectivity index (χ1n) is 9.27. The normalized spacial score (nSPS) is 15.0. The van der Waals surface area contributed by atoms with E-state index < -0.39 is 0 Å². The average Bonchev–Trinajstić information content (AvgIpc) is 3.50. The number of carbonyl (C=O) groups is 2. The lowest BCUT2D eigenvalue weighted by Gasteiger charge is -2.18. The second-order valence-electron chi connectivity index (χ2n) is 6.74. The molecule has 1 N–H and O–H groups in total. The number of carbonyl (C=O) groups excluding carboxylic acids is 2. The van der Waals surface area contributed by atoms with Gasteiger partial charge in [-0.15, -0.1) is 5.10 Å². The number of benzene rings is 2. The van der Waals surface area contributed by atoms with Gasteiger partial charge in [0.25, 0.3) is 0 Å². The number of nitrogens with zero attached hydrogens (tertiary/aromatic N) is 6. The van der Waals surface area contributed by atoms with Crippen LogP contribution in [0.3, 0.4) is 0 Å². The van der Waals surface area contributed by atoms with E-state index in [-0.39, 0.29) is 25.3 Å². The van der Waals surface area contributed by atoms with Crippen LogP contribution in [0.5, 0.6) is 11.5 Å². The van der Waals surface area contributed by atoms with Crippen LogP contribution in [0.15, 0.2) is 48.8 Å². The largest absolute Gasteiger partial charge is 0.454 e. The van der Waals surface area contributed by atoms with Gasteiger partial charge >= 0.3 is 6.03 Å². The van der Waals surface area contributed by atoms with Gasteiger partial charge in [0.1, 0.15) is 12.9 Å². The predicted molar refractivity (Wildman–Crippen MR) is 105 cm³/mol. The van der Waals surface area contributed by atoms with Gasteiger partial charge in [0.05, 0.1) is 5.69 Å². The number of anilines is 2. The molecular formula is C19H17N7O4. The van der Waals surface area contributed by atoms with E-state index in [4.69, 9.17) is 9.47 Å². The van der Waals surface area contributed by atoms with Crippen molar-refractivity contribution in [1.29, 1.82) is 0 Å². The molecule has 1 aromatic heterocycles. The number of hydrogen-bond acceptors (Lipinski definition) is 7. The van der Waals surface area contributed by atoms with Gasteiger partial charge < -0.3 is 19.7 Å². The summed E-state index contributed by atoms with van der Waals surface area (Å²) in [7, 11) is 0. The fourth-order valence-electron chi connectivity index (χ4n) is 3.37. The highest BCUT2D eigenvalue weighted by atomic mass is 16.7. The number of fused-ring (bicyclic) bond motifs is 1. The number of aromatic nitrogens is 4. The van der Waals surface area contributed by atoms with E-state index >= 15 is 0 Å². The second kappa shape index (κ2) is 7.35. The van der Waals surface area contributed by atoms with E-state index in [2.05, 4.69) is 20.8 Å². The maximum absolute atomic E-state index is 12.7. The van der Waals surface area contributed by atoms with Gasteiger partial charge in [0, 0.05) is 30.5 Å². The first-order valence-corrected chi connectivity index (χ1v) is 9.27. The van der Waals surface area contributed by atoms with Gasteiger partial charge in [-0.25, -0.2) is 9.48 Å². The smallest absolute Gasteiger partial charge is 0.325 e. The maximum atomic E-state index is 12.7. The highest BCUT2D eigenvalue weighted by Gasteiger charge is 2.31. The zero-order chi connectivity index (χ0) is 20.5. The molecule has 11 heteroatoms. The third kappa shape index (κ3) is 3.36. The van der Waals surface area contributed by atoms with Gasteiger partial charge in [-0.2, -0.15) is 0 Å². The summed E-state index contributed by atoms with van der Waals surface area (Å²) in [6.07, 6.45) is 1.48. The van der Waals surface area contributed by atoms with Crippen molar-refractivity contribution in [1.82, 2.24) is 25.1 Å². The number of ether oxygens (including phenoxy) is 2. The Morgan fingerprint density at radius 3 is 2.63 bits per heavy atom. The van der Waals surface area contributed by atoms with Gasteiger partial charge in [-0.1, -0.05) is 0 Å². The second-order valence-corrected chi connectivity index (χ2v) is 6.74. The molecule has 2 aliphatic rings. The lowest BCUT2D eigenvalue weighted by Crippen LogP contribution is -2.37. The average molecular weight is 407 g/mol. The molecule has 1 saturated heterocycles. The first-order chi connectivity index (χ1) is 14.7. The zero-order valence-electron chi connectivity index (χ0n) is 15.8. The summed E-state index contributed by atoms with van der Waals surface area (Å²) < 4.78 is 12.2. The Hall–Kier alpha value is -4.15. The monoisotopic (exact) mass is 407 g/mol. The van der Waals surface area contributed by atoms with Crippen LogP contribution in [0.25, 0.3) is 5.69 Å². The number of nitrogens with one attached hydrogen (secondary N) is 1. The van der Waals surface area contributed by atoms with Crippen LogP contribution in [0, 0.1) is 0 Å². The van der Waals surface area contributed by atoms with Crippen molar-refractivity contribution in [3.8, 4) is 17.2 Å². The van der Waals surface area contributed by atoms with Crippen molar-refractivity contribution in [3.05, 3.63) is 48.8 Å². The predicted octanol–water partition coefficient (Wildman–Crippen LogP) is 1.27. The van der Waals surface area contributed by atoms with E-state index in [1.54, 1.807) is 47.4 Å². The minimum Gasteiger partial charge on any atom is -0.454 e. The van der Waals surface area contributed by atoms with Gasteiger partial charge in [0.15, 0.2) is 11.5 Å². The standard InChI is InChI=1S/C19H17N7O4/c27-18(21-13-1-3-14(4-2-13)26-11-20-22-23-26)10-24-7-8-25(19(24)28)15-5-6-16-17(9-15)30-12-29-16/h1-6,9,11H,7-8,10,12H2,(H,21,27). The molecule has 0 unspecified atom stereocenters. The molecule has 0 radical (unpaired) electrons. The topological polar surface area (TPSA) is 115 Å². The summed E-state index contributed by atoms with van der Waals surface area (Å²) in [5.41, 5.74) is 2.11. The van der Waals surface area contributed by atoms with Crippen molar-refractivity contribution in [2.45, 2.75) is 0 Å². The van der Waals surface area contributed by atoms with Crippen LogP contribution in [0.2, 0.25) is 0 Å². The number of tetrazole rings is 1. The van der Waals surface area contributed by atoms with Crippen molar-refractivity contribution >= 4 is 23.3 Å². The van der Waals surface area contributed by atoms with Crippen LogP contribution in [0.1, 0.15) is 0 Å². The molecule has 11 nitrogen and oxygen atoms in total. The molecule has 3 heterocycles. The molecule has 3 amide bonds. The first kappa shape index (κ1) is 17.9. The minimum absolute atomic E-state index is 0.0331. The summed E-state index contributed by atoms with van der Waals surface area (Å²) in [5.74, 6) is 1.00. The number of hydrogen-bond donors (Lipinski definition) is 1. The molecule has 0 aliphatic carbocycles. The Bertz CT molecular complexity index is 1080. The lowest BCUT2D eigenvalue weighted by atomic mass is 10.2. The number of rotatable bonds is 5. The van der Waals surface area contributed by atoms with Crippen molar-refractivity contribution in [2.75, 3.05) is 36.6 Å². The molecule has 0 bridgehead atoms. The van der Waals surface area contributed by atoms with E-state index in [0.29, 0.717) is 36.0 Å². The quantitative estimate of drug-likeness (QED) is 0.677. The Kier molecular flexibility index (Phi) is 4.39. The minimum atomic E-state index is -0.272. The third-order valence-corrected chi connectivity index (χ3v) is 4.86. The van der Waals surface area contributed by atoms with Crippen LogP contribution >= 0.6 is 0 Å². The van der Waals surface area contributed by atoms with Crippen LogP contribution in [0.4, 0.5) is 16.2 Å². The van der Waals surface area contributed by atoms with Gasteiger partial charge in [-0.3, -0.25) is 9.69 Å². The third-order valence-electron chi connectivity index (χ3n) is 4.86. The molecule has 152 valence electrons. The Morgan fingerprint density at radius 1 is 1.03 bits per heavy atom. The molecule has 0 spiro atoms. The molecule has 0 saturated carbocycles. The Balaban J connectivity index is 1.20. The molecule has 3 aromatic rings. The summed E-state index contributed by atoms with van der Waals surface area (Å²) in [6.45, 7) is 1.09. The van der Waals surface area contributed by atoms with E-state index in [1.165, 1.54) is 15.9 Å². The summed E-state index contributed by atoms with van der Waals surface area (Å²) >= 11 is 0. The number of amides is 3. The van der Waals surface area contributed by atoms with E-state index in [1.807, 2.05) is 0 Å². The molecule has 0 atom stereocenters. The molecule has 2 aromatic carbocycles. The molecule has 2 aliphatic heterocycles. The van der Waals surface area contributed by atoms with Gasteiger partial charge in [0.2, 0.25) is 12.7 Å². The highest BCUT2D eigenvalue weighted by molar-refractivity contribution is 5.99. The molecule has 5 rings (SSSR count). The summed E-state index contributed by atoms with van der Waals surface area (Å²) in [6, 6.07) is 12.2.